The summed E-state index contributed by atoms with van der Waals surface area (Å²) in [5.74, 6) is 0.170. The summed E-state index contributed by atoms with van der Waals surface area (Å²) in [7, 11) is 1.89. The van der Waals surface area contributed by atoms with E-state index in [9.17, 15) is 4.79 Å². The van der Waals surface area contributed by atoms with Crippen molar-refractivity contribution in [2.45, 2.75) is 32.3 Å². The number of hydrogen-bond acceptors (Lipinski definition) is 5. The van der Waals surface area contributed by atoms with Gasteiger partial charge in [-0.3, -0.25) is 9.69 Å². The molecule has 0 aromatic carbocycles. The lowest BCUT2D eigenvalue weighted by Gasteiger charge is -2.32. The Morgan fingerprint density at radius 1 is 1.59 bits per heavy atom. The minimum absolute atomic E-state index is 0.00347. The van der Waals surface area contributed by atoms with Gasteiger partial charge in [0, 0.05) is 36.9 Å². The molecule has 1 amide bonds. The van der Waals surface area contributed by atoms with Gasteiger partial charge in [-0.25, -0.2) is 4.98 Å². The molecule has 1 saturated heterocycles. The fourth-order valence-corrected chi connectivity index (χ4v) is 3.77. The van der Waals surface area contributed by atoms with Crippen molar-refractivity contribution in [1.82, 2.24) is 14.8 Å². The van der Waals surface area contributed by atoms with Crippen LogP contribution in [-0.4, -0.2) is 54.0 Å². The standard InChI is InChI=1S/C16H23N3O2S/c1-12-11-22-16(17-12)14-9-19(7-8-21-14)10-15(20)18(2)13-5-3-4-6-13/h5,11,14H,3-4,6-10H2,1-2H3/t14-/m0/s1. The zero-order valence-electron chi connectivity index (χ0n) is 13.2. The van der Waals surface area contributed by atoms with Gasteiger partial charge in [0.15, 0.2) is 0 Å². The zero-order chi connectivity index (χ0) is 15.5. The summed E-state index contributed by atoms with van der Waals surface area (Å²) < 4.78 is 5.82. The molecule has 0 saturated carbocycles. The maximum atomic E-state index is 12.4. The molecule has 5 nitrogen and oxygen atoms in total. The highest BCUT2D eigenvalue weighted by Gasteiger charge is 2.27. The number of carbonyl (C=O) groups is 1. The Balaban J connectivity index is 1.57. The van der Waals surface area contributed by atoms with Crippen LogP contribution >= 0.6 is 11.3 Å². The van der Waals surface area contributed by atoms with Crippen molar-refractivity contribution < 1.29 is 9.53 Å². The number of thiazole rings is 1. The van der Waals surface area contributed by atoms with E-state index in [4.69, 9.17) is 4.74 Å². The van der Waals surface area contributed by atoms with Crippen molar-refractivity contribution in [2.24, 2.45) is 0 Å². The number of carbonyl (C=O) groups excluding carboxylic acids is 1. The van der Waals surface area contributed by atoms with Crippen LogP contribution in [0.1, 0.15) is 36.1 Å². The first-order chi connectivity index (χ1) is 10.6. The van der Waals surface area contributed by atoms with Gasteiger partial charge < -0.3 is 9.64 Å². The Bertz CT molecular complexity index is 569. The first-order valence-corrected chi connectivity index (χ1v) is 8.73. The predicted octanol–water partition coefficient (Wildman–Crippen LogP) is 2.35. The maximum Gasteiger partial charge on any atom is 0.240 e. The fourth-order valence-electron chi connectivity index (χ4n) is 2.93. The Kier molecular flexibility index (Phi) is 4.90. The van der Waals surface area contributed by atoms with E-state index in [2.05, 4.69) is 16.0 Å². The van der Waals surface area contributed by atoms with Gasteiger partial charge >= 0.3 is 0 Å². The highest BCUT2D eigenvalue weighted by Crippen LogP contribution is 2.25. The summed E-state index contributed by atoms with van der Waals surface area (Å²) in [5, 5.41) is 3.06. The molecule has 3 rings (SSSR count). The number of ether oxygens (including phenoxy) is 1. The molecule has 1 fully saturated rings. The minimum atomic E-state index is -0.00347. The van der Waals surface area contributed by atoms with Crippen molar-refractivity contribution >= 4 is 17.2 Å². The Labute approximate surface area is 135 Å². The van der Waals surface area contributed by atoms with Crippen LogP contribution in [0.4, 0.5) is 0 Å². The summed E-state index contributed by atoms with van der Waals surface area (Å²) in [6.07, 6.45) is 5.45. The lowest BCUT2D eigenvalue weighted by Crippen LogP contribution is -2.44. The molecule has 0 unspecified atom stereocenters. The largest absolute Gasteiger partial charge is 0.368 e. The van der Waals surface area contributed by atoms with Gasteiger partial charge in [0.2, 0.25) is 5.91 Å². The van der Waals surface area contributed by atoms with Crippen LogP contribution in [0.2, 0.25) is 0 Å². The lowest BCUT2D eigenvalue weighted by atomic mass is 10.2. The van der Waals surface area contributed by atoms with Gasteiger partial charge in [0.1, 0.15) is 11.1 Å². The highest BCUT2D eigenvalue weighted by atomic mass is 32.1. The van der Waals surface area contributed by atoms with E-state index in [1.54, 1.807) is 11.3 Å². The number of morpholine rings is 1. The highest BCUT2D eigenvalue weighted by molar-refractivity contribution is 7.09. The minimum Gasteiger partial charge on any atom is -0.368 e. The molecule has 1 aliphatic carbocycles. The fraction of sp³-hybridized carbons (Fsp3) is 0.625. The third-order valence-electron chi connectivity index (χ3n) is 4.24. The smallest absolute Gasteiger partial charge is 0.240 e. The second kappa shape index (κ2) is 6.89. The van der Waals surface area contributed by atoms with E-state index < -0.39 is 0 Å². The van der Waals surface area contributed by atoms with Gasteiger partial charge in [-0.2, -0.15) is 0 Å². The van der Waals surface area contributed by atoms with Crippen LogP contribution < -0.4 is 0 Å². The lowest BCUT2D eigenvalue weighted by molar-refractivity contribution is -0.131. The molecule has 2 heterocycles. The molecule has 1 aliphatic heterocycles. The van der Waals surface area contributed by atoms with Crippen LogP contribution in [0, 0.1) is 6.92 Å². The molecule has 0 radical (unpaired) electrons. The predicted molar refractivity (Wildman–Crippen MR) is 86.7 cm³/mol. The number of rotatable bonds is 4. The first-order valence-electron chi connectivity index (χ1n) is 7.85. The number of allylic oxidation sites excluding steroid dienone is 2. The van der Waals surface area contributed by atoms with Crippen LogP contribution in [0.15, 0.2) is 17.2 Å². The summed E-state index contributed by atoms with van der Waals surface area (Å²) >= 11 is 1.64. The van der Waals surface area contributed by atoms with Crippen molar-refractivity contribution in [2.75, 3.05) is 33.3 Å². The number of amides is 1. The van der Waals surface area contributed by atoms with E-state index in [1.165, 1.54) is 5.70 Å². The van der Waals surface area contributed by atoms with Crippen molar-refractivity contribution in [1.29, 1.82) is 0 Å². The van der Waals surface area contributed by atoms with E-state index >= 15 is 0 Å². The summed E-state index contributed by atoms with van der Waals surface area (Å²) in [5.41, 5.74) is 2.20. The van der Waals surface area contributed by atoms with Crippen molar-refractivity contribution in [3.05, 3.63) is 27.9 Å². The molecule has 0 bridgehead atoms. The Hall–Kier alpha value is -1.24. The summed E-state index contributed by atoms with van der Waals surface area (Å²) in [6, 6.07) is 0. The number of likely N-dealkylation sites (N-methyl/N-ethyl adjacent to an activating group) is 1. The second-order valence-electron chi connectivity index (χ2n) is 5.96. The monoisotopic (exact) mass is 321 g/mol. The number of hydrogen-bond donors (Lipinski definition) is 0. The van der Waals surface area contributed by atoms with Gasteiger partial charge in [0.05, 0.1) is 13.2 Å². The third-order valence-corrected chi connectivity index (χ3v) is 5.30. The van der Waals surface area contributed by atoms with Crippen LogP contribution in [0.3, 0.4) is 0 Å². The van der Waals surface area contributed by atoms with Crippen LogP contribution in [0.5, 0.6) is 0 Å². The van der Waals surface area contributed by atoms with Gasteiger partial charge in [-0.05, 0) is 26.2 Å². The molecule has 6 heteroatoms. The van der Waals surface area contributed by atoms with Crippen LogP contribution in [-0.2, 0) is 9.53 Å². The maximum absolute atomic E-state index is 12.4. The van der Waals surface area contributed by atoms with E-state index in [-0.39, 0.29) is 12.0 Å². The van der Waals surface area contributed by atoms with E-state index in [0.29, 0.717) is 13.2 Å². The van der Waals surface area contributed by atoms with Gasteiger partial charge in [-0.1, -0.05) is 6.08 Å². The van der Waals surface area contributed by atoms with E-state index in [1.807, 2.05) is 24.3 Å². The quantitative estimate of drug-likeness (QED) is 0.854. The van der Waals surface area contributed by atoms with E-state index in [0.717, 1.165) is 43.1 Å². The summed E-state index contributed by atoms with van der Waals surface area (Å²) in [6.45, 7) is 4.65. The molecule has 0 N–H and O–H groups in total. The molecule has 1 aromatic heterocycles. The molecule has 1 atom stereocenters. The zero-order valence-corrected chi connectivity index (χ0v) is 14.1. The number of nitrogens with zero attached hydrogens (tertiary/aromatic N) is 3. The topological polar surface area (TPSA) is 45.7 Å². The van der Waals surface area contributed by atoms with Crippen molar-refractivity contribution in [3.8, 4) is 0 Å². The first kappa shape index (κ1) is 15.6. The average Bonchev–Trinajstić information content (AvgIpc) is 3.18. The van der Waals surface area contributed by atoms with Crippen molar-refractivity contribution in [3.63, 3.8) is 0 Å². The second-order valence-corrected chi connectivity index (χ2v) is 6.85. The molecular formula is C16H23N3O2S. The Morgan fingerprint density at radius 2 is 2.45 bits per heavy atom. The molecule has 22 heavy (non-hydrogen) atoms. The van der Waals surface area contributed by atoms with Gasteiger partial charge in [-0.15, -0.1) is 11.3 Å². The molecule has 2 aliphatic rings. The van der Waals surface area contributed by atoms with Crippen LogP contribution in [0.25, 0.3) is 0 Å². The molecule has 120 valence electrons. The third kappa shape index (κ3) is 3.56. The number of aryl methyl sites for hydroxylation is 1. The van der Waals surface area contributed by atoms with Gasteiger partial charge in [0.25, 0.3) is 0 Å². The SMILES string of the molecule is Cc1csc([C@@H]2CN(CC(=O)N(C)C3=CCCC3)CCO2)n1. The molecular weight excluding hydrogens is 298 g/mol. The molecule has 0 spiro atoms. The average molecular weight is 321 g/mol. The number of aromatic nitrogens is 1. The Morgan fingerprint density at radius 3 is 3.14 bits per heavy atom. The molecule has 1 aromatic rings. The summed E-state index contributed by atoms with van der Waals surface area (Å²) in [4.78, 5) is 20.9. The normalized spacial score (nSPS) is 22.6.